The Balaban J connectivity index is 1.88. The van der Waals surface area contributed by atoms with Crippen molar-refractivity contribution >= 4 is 34.2 Å². The first-order valence-corrected chi connectivity index (χ1v) is 10.5. The third kappa shape index (κ3) is 3.94. The van der Waals surface area contributed by atoms with Gasteiger partial charge in [-0.15, -0.1) is 0 Å². The van der Waals surface area contributed by atoms with Crippen molar-refractivity contribution in [3.63, 3.8) is 0 Å². The summed E-state index contributed by atoms with van der Waals surface area (Å²) in [7, 11) is 0. The minimum absolute atomic E-state index is 0.0517. The number of fused-ring (bicyclic) bond motifs is 1. The zero-order chi connectivity index (χ0) is 21.4. The second-order valence-electron chi connectivity index (χ2n) is 7.11. The second kappa shape index (κ2) is 8.00. The van der Waals surface area contributed by atoms with Gasteiger partial charge >= 0.3 is 6.18 Å². The van der Waals surface area contributed by atoms with Gasteiger partial charge in [0, 0.05) is 21.2 Å². The molecule has 2 nitrogen and oxygen atoms in total. The summed E-state index contributed by atoms with van der Waals surface area (Å²) in [5.74, 6) is 0. The molecule has 0 spiro atoms. The molecule has 0 amide bonds. The number of alkyl halides is 3. The number of nitrogens with zero attached hydrogens (tertiary/aromatic N) is 2. The highest BCUT2D eigenvalue weighted by Crippen LogP contribution is 2.50. The largest absolute Gasteiger partial charge is 0.417 e. The fourth-order valence-electron chi connectivity index (χ4n) is 3.36. The Morgan fingerprint density at radius 2 is 1.60 bits per heavy atom. The SMILES string of the molecule is CC1(C(F)(F)F)N=C(Sc2ccccc2)N(Cc2ccccc2)c2ccc(Cl)cc21. The van der Waals surface area contributed by atoms with E-state index in [1.165, 1.54) is 17.8 Å². The lowest BCUT2D eigenvalue weighted by Crippen LogP contribution is -2.46. The van der Waals surface area contributed by atoms with E-state index >= 15 is 0 Å². The van der Waals surface area contributed by atoms with E-state index in [4.69, 9.17) is 11.6 Å². The molecule has 1 unspecified atom stereocenters. The van der Waals surface area contributed by atoms with Crippen LogP contribution in [0.5, 0.6) is 0 Å². The molecule has 0 fully saturated rings. The van der Waals surface area contributed by atoms with Crippen molar-refractivity contribution in [3.05, 3.63) is 95.0 Å². The van der Waals surface area contributed by atoms with E-state index in [1.807, 2.05) is 65.6 Å². The van der Waals surface area contributed by atoms with Crippen LogP contribution in [0.2, 0.25) is 5.02 Å². The molecule has 0 aliphatic carbocycles. The minimum atomic E-state index is -4.58. The highest BCUT2D eigenvalue weighted by molar-refractivity contribution is 8.14. The number of aliphatic imine (C=N–C) groups is 1. The van der Waals surface area contributed by atoms with Crippen LogP contribution >= 0.6 is 23.4 Å². The van der Waals surface area contributed by atoms with Crippen LogP contribution in [-0.4, -0.2) is 11.3 Å². The van der Waals surface area contributed by atoms with Crippen LogP contribution in [-0.2, 0) is 12.1 Å². The van der Waals surface area contributed by atoms with Gasteiger partial charge in [-0.2, -0.15) is 13.2 Å². The predicted molar refractivity (Wildman–Crippen MR) is 117 cm³/mol. The predicted octanol–water partition coefficient (Wildman–Crippen LogP) is 7.29. The maximum absolute atomic E-state index is 14.2. The summed E-state index contributed by atoms with van der Waals surface area (Å²) in [4.78, 5) is 6.90. The molecule has 0 N–H and O–H groups in total. The number of anilines is 1. The summed E-state index contributed by atoms with van der Waals surface area (Å²) in [6, 6.07) is 23.5. The first-order chi connectivity index (χ1) is 14.3. The van der Waals surface area contributed by atoms with Gasteiger partial charge in [0.15, 0.2) is 10.7 Å². The first kappa shape index (κ1) is 20.8. The molecule has 1 heterocycles. The van der Waals surface area contributed by atoms with Crippen LogP contribution in [0.4, 0.5) is 18.9 Å². The molecule has 3 aromatic rings. The third-order valence-corrected chi connectivity index (χ3v) is 6.25. The fraction of sp³-hybridized carbons (Fsp3) is 0.174. The van der Waals surface area contributed by atoms with Gasteiger partial charge in [-0.05, 0) is 42.8 Å². The summed E-state index contributed by atoms with van der Waals surface area (Å²) in [6.07, 6.45) is -4.58. The third-order valence-electron chi connectivity index (χ3n) is 5.01. The van der Waals surface area contributed by atoms with Crippen LogP contribution in [0.25, 0.3) is 0 Å². The van der Waals surface area contributed by atoms with Crippen molar-refractivity contribution in [3.8, 4) is 0 Å². The number of benzene rings is 3. The molecule has 1 aliphatic heterocycles. The molecule has 0 aromatic heterocycles. The second-order valence-corrected chi connectivity index (χ2v) is 8.59. The van der Waals surface area contributed by atoms with Gasteiger partial charge in [-0.25, -0.2) is 4.99 Å². The van der Waals surface area contributed by atoms with E-state index in [0.29, 0.717) is 17.4 Å². The van der Waals surface area contributed by atoms with Crippen molar-refractivity contribution < 1.29 is 13.2 Å². The molecule has 3 aromatic carbocycles. The normalized spacial score (nSPS) is 18.7. The number of rotatable bonds is 3. The van der Waals surface area contributed by atoms with Gasteiger partial charge in [0.25, 0.3) is 0 Å². The van der Waals surface area contributed by atoms with E-state index in [0.717, 1.165) is 17.4 Å². The molecule has 0 radical (unpaired) electrons. The Kier molecular flexibility index (Phi) is 5.55. The van der Waals surface area contributed by atoms with Gasteiger partial charge in [0.05, 0.1) is 6.54 Å². The zero-order valence-corrected chi connectivity index (χ0v) is 17.6. The van der Waals surface area contributed by atoms with Crippen molar-refractivity contribution in [1.82, 2.24) is 0 Å². The van der Waals surface area contributed by atoms with Gasteiger partial charge in [-0.1, -0.05) is 71.9 Å². The molecule has 1 aliphatic rings. The van der Waals surface area contributed by atoms with Gasteiger partial charge in [0.2, 0.25) is 0 Å². The van der Waals surface area contributed by atoms with Crippen LogP contribution in [0.3, 0.4) is 0 Å². The van der Waals surface area contributed by atoms with Gasteiger partial charge < -0.3 is 4.90 Å². The summed E-state index contributed by atoms with van der Waals surface area (Å²) in [5, 5.41) is 0.540. The van der Waals surface area contributed by atoms with Crippen molar-refractivity contribution in [2.45, 2.75) is 30.1 Å². The standard InChI is InChI=1S/C23H18ClF3N2S/c1-22(23(25,26)27)19-14-17(24)12-13-20(19)29(15-16-8-4-2-5-9-16)21(28-22)30-18-10-6-3-7-11-18/h2-14H,15H2,1H3. The lowest BCUT2D eigenvalue weighted by atomic mass is 9.88. The minimum Gasteiger partial charge on any atom is -0.316 e. The molecule has 0 saturated heterocycles. The molecule has 30 heavy (non-hydrogen) atoms. The number of amidine groups is 1. The molecule has 1 atom stereocenters. The number of halogens is 4. The van der Waals surface area contributed by atoms with E-state index < -0.39 is 11.7 Å². The number of hydrogen-bond acceptors (Lipinski definition) is 3. The lowest BCUT2D eigenvalue weighted by Gasteiger charge is -2.40. The quantitative estimate of drug-likeness (QED) is 0.420. The van der Waals surface area contributed by atoms with Crippen LogP contribution < -0.4 is 4.90 Å². The van der Waals surface area contributed by atoms with E-state index in [-0.39, 0.29) is 10.6 Å². The Morgan fingerprint density at radius 3 is 2.23 bits per heavy atom. The molecule has 7 heteroatoms. The van der Waals surface area contributed by atoms with Crippen molar-refractivity contribution in [2.24, 2.45) is 4.99 Å². The maximum Gasteiger partial charge on any atom is 0.417 e. The van der Waals surface area contributed by atoms with Crippen LogP contribution in [0, 0.1) is 0 Å². The summed E-state index contributed by atoms with van der Waals surface area (Å²) < 4.78 is 42.7. The Bertz CT molecular complexity index is 1070. The topological polar surface area (TPSA) is 15.6 Å². The molecular weight excluding hydrogens is 429 g/mol. The molecular formula is C23H18ClF3N2S. The van der Waals surface area contributed by atoms with Gasteiger partial charge in [0.1, 0.15) is 0 Å². The lowest BCUT2D eigenvalue weighted by molar-refractivity contribution is -0.183. The molecule has 154 valence electrons. The van der Waals surface area contributed by atoms with Crippen LogP contribution in [0.15, 0.2) is 88.8 Å². The molecule has 4 rings (SSSR count). The van der Waals surface area contributed by atoms with Gasteiger partial charge in [-0.3, -0.25) is 0 Å². The summed E-state index contributed by atoms with van der Waals surface area (Å²) >= 11 is 7.31. The van der Waals surface area contributed by atoms with E-state index in [9.17, 15) is 13.2 Å². The number of thioether (sulfide) groups is 1. The average molecular weight is 447 g/mol. The van der Waals surface area contributed by atoms with E-state index in [1.54, 1.807) is 12.1 Å². The zero-order valence-electron chi connectivity index (χ0n) is 16.0. The Labute approximate surface area is 182 Å². The first-order valence-electron chi connectivity index (χ1n) is 9.29. The fourth-order valence-corrected chi connectivity index (χ4v) is 4.53. The average Bonchev–Trinajstić information content (AvgIpc) is 2.72. The van der Waals surface area contributed by atoms with Crippen molar-refractivity contribution in [2.75, 3.05) is 4.90 Å². The highest BCUT2D eigenvalue weighted by atomic mass is 35.5. The Morgan fingerprint density at radius 1 is 0.967 bits per heavy atom. The van der Waals surface area contributed by atoms with Crippen molar-refractivity contribution in [1.29, 1.82) is 0 Å². The summed E-state index contributed by atoms with van der Waals surface area (Å²) in [6.45, 7) is 1.50. The number of hydrogen-bond donors (Lipinski definition) is 0. The monoisotopic (exact) mass is 446 g/mol. The maximum atomic E-state index is 14.2. The smallest absolute Gasteiger partial charge is 0.316 e. The Hall–Kier alpha value is -2.44. The van der Waals surface area contributed by atoms with E-state index in [2.05, 4.69) is 4.99 Å². The molecule has 0 saturated carbocycles. The summed E-state index contributed by atoms with van der Waals surface area (Å²) in [5.41, 5.74) is -0.917. The molecule has 0 bridgehead atoms. The van der Waals surface area contributed by atoms with Crippen LogP contribution in [0.1, 0.15) is 18.1 Å². The highest BCUT2D eigenvalue weighted by Gasteiger charge is 2.56.